The number of alkyl halides is 3. The predicted molar refractivity (Wildman–Crippen MR) is 75.1 cm³/mol. The van der Waals surface area contributed by atoms with Gasteiger partial charge in [0, 0.05) is 6.20 Å². The molecule has 21 heavy (non-hydrogen) atoms. The van der Waals surface area contributed by atoms with E-state index in [1.54, 1.807) is 6.26 Å². The van der Waals surface area contributed by atoms with Gasteiger partial charge in [0.05, 0.1) is 15.6 Å². The van der Waals surface area contributed by atoms with E-state index in [4.69, 9.17) is 28.5 Å². The molecule has 0 radical (unpaired) electrons. The van der Waals surface area contributed by atoms with Crippen LogP contribution in [0.2, 0.25) is 10.0 Å². The van der Waals surface area contributed by atoms with E-state index >= 15 is 0 Å². The molecule has 110 valence electrons. The van der Waals surface area contributed by atoms with E-state index in [0.717, 1.165) is 12.1 Å². The summed E-state index contributed by atoms with van der Waals surface area (Å²) in [6.45, 7) is 0. The number of aromatic nitrogens is 2. The summed E-state index contributed by atoms with van der Waals surface area (Å²) in [5.74, 6) is 0. The maximum Gasteiger partial charge on any atom is 0.416 e. The van der Waals surface area contributed by atoms with Gasteiger partial charge in [-0.25, -0.2) is 4.68 Å². The van der Waals surface area contributed by atoms with Gasteiger partial charge in [-0.3, -0.25) is 0 Å². The first kappa shape index (κ1) is 16.0. The summed E-state index contributed by atoms with van der Waals surface area (Å²) in [5.41, 5.74) is -0.559. The number of hydrogen-bond acceptors (Lipinski definition) is 3. The zero-order chi connectivity index (χ0) is 15.8. The average Bonchev–Trinajstić information content (AvgIpc) is 2.79. The van der Waals surface area contributed by atoms with Gasteiger partial charge in [0.2, 0.25) is 0 Å². The molecule has 0 N–H and O–H groups in total. The van der Waals surface area contributed by atoms with Crippen molar-refractivity contribution >= 4 is 35.0 Å². The zero-order valence-corrected chi connectivity index (χ0v) is 12.7. The van der Waals surface area contributed by atoms with E-state index in [-0.39, 0.29) is 21.3 Å². The van der Waals surface area contributed by atoms with E-state index < -0.39 is 11.7 Å². The van der Waals surface area contributed by atoms with E-state index in [9.17, 15) is 13.2 Å². The second-order valence-corrected chi connectivity index (χ2v) is 5.50. The summed E-state index contributed by atoms with van der Waals surface area (Å²) in [7, 11) is 0. The zero-order valence-electron chi connectivity index (χ0n) is 10.4. The fourth-order valence-electron chi connectivity index (χ4n) is 1.65. The molecule has 0 aliphatic carbocycles. The summed E-state index contributed by atoms with van der Waals surface area (Å²) in [5, 5.41) is 13.1. The van der Waals surface area contributed by atoms with Crippen molar-refractivity contribution in [2.45, 2.75) is 11.2 Å². The number of hydrogen-bond donors (Lipinski definition) is 0. The highest BCUT2D eigenvalue weighted by molar-refractivity contribution is 7.98. The second kappa shape index (κ2) is 5.79. The number of nitrogens with zero attached hydrogens (tertiary/aromatic N) is 3. The molecular formula is C12H6Cl2F3N3S. The van der Waals surface area contributed by atoms with Gasteiger partial charge in [0.25, 0.3) is 0 Å². The standard InChI is InChI=1S/C12H6Cl2F3N3S/c1-21-11-6(4-18)5-20(19-11)10-8(13)2-7(3-9(10)14)12(15,16)17/h2-3,5H,1H3. The van der Waals surface area contributed by atoms with Gasteiger partial charge < -0.3 is 0 Å². The third-order valence-electron chi connectivity index (χ3n) is 2.57. The largest absolute Gasteiger partial charge is 0.416 e. The minimum atomic E-state index is -4.54. The highest BCUT2D eigenvalue weighted by Gasteiger charge is 2.32. The minimum Gasteiger partial charge on any atom is -0.235 e. The molecule has 0 amide bonds. The lowest BCUT2D eigenvalue weighted by atomic mass is 10.2. The number of halogens is 5. The van der Waals surface area contributed by atoms with Gasteiger partial charge in [-0.05, 0) is 18.4 Å². The Hall–Kier alpha value is -1.36. The van der Waals surface area contributed by atoms with Crippen LogP contribution in [0.1, 0.15) is 11.1 Å². The molecule has 0 atom stereocenters. The number of nitriles is 1. The van der Waals surface area contributed by atoms with Crippen molar-refractivity contribution in [3.05, 3.63) is 39.5 Å². The summed E-state index contributed by atoms with van der Waals surface area (Å²) < 4.78 is 39.2. The molecule has 1 heterocycles. The molecule has 0 fully saturated rings. The molecule has 1 aromatic carbocycles. The van der Waals surface area contributed by atoms with Crippen LogP contribution < -0.4 is 0 Å². The first-order valence-electron chi connectivity index (χ1n) is 5.38. The van der Waals surface area contributed by atoms with Crippen LogP contribution >= 0.6 is 35.0 Å². The predicted octanol–water partition coefficient (Wildman–Crippen LogP) is 4.79. The van der Waals surface area contributed by atoms with Crippen LogP contribution in [0.4, 0.5) is 13.2 Å². The molecule has 0 unspecified atom stereocenters. The van der Waals surface area contributed by atoms with Crippen molar-refractivity contribution in [2.24, 2.45) is 0 Å². The Morgan fingerprint density at radius 1 is 1.29 bits per heavy atom. The van der Waals surface area contributed by atoms with Gasteiger partial charge in [-0.15, -0.1) is 11.8 Å². The van der Waals surface area contributed by atoms with Gasteiger partial charge in [0.15, 0.2) is 0 Å². The average molecular weight is 352 g/mol. The van der Waals surface area contributed by atoms with Crippen LogP contribution in [0.5, 0.6) is 0 Å². The lowest BCUT2D eigenvalue weighted by Gasteiger charge is -2.12. The van der Waals surface area contributed by atoms with Crippen molar-refractivity contribution in [1.82, 2.24) is 9.78 Å². The van der Waals surface area contributed by atoms with Crippen molar-refractivity contribution in [3.8, 4) is 11.8 Å². The molecular weight excluding hydrogens is 346 g/mol. The van der Waals surface area contributed by atoms with Crippen molar-refractivity contribution < 1.29 is 13.2 Å². The lowest BCUT2D eigenvalue weighted by Crippen LogP contribution is -2.07. The van der Waals surface area contributed by atoms with Crippen LogP contribution in [0, 0.1) is 11.3 Å². The third-order valence-corrected chi connectivity index (χ3v) is 3.83. The van der Waals surface area contributed by atoms with Crippen molar-refractivity contribution in [2.75, 3.05) is 6.26 Å². The Bertz CT molecular complexity index is 711. The summed E-state index contributed by atoms with van der Waals surface area (Å²) in [4.78, 5) is 0. The minimum absolute atomic E-state index is 0.100. The van der Waals surface area contributed by atoms with E-state index in [1.807, 2.05) is 6.07 Å². The molecule has 0 spiro atoms. The molecule has 0 saturated carbocycles. The van der Waals surface area contributed by atoms with E-state index in [2.05, 4.69) is 5.10 Å². The van der Waals surface area contributed by atoms with Crippen LogP contribution in [0.25, 0.3) is 5.69 Å². The van der Waals surface area contributed by atoms with Gasteiger partial charge in [-0.2, -0.15) is 23.5 Å². The summed E-state index contributed by atoms with van der Waals surface area (Å²) >= 11 is 13.0. The van der Waals surface area contributed by atoms with Crippen LogP contribution in [0.15, 0.2) is 23.4 Å². The maximum atomic E-state index is 12.7. The Labute approximate surface area is 132 Å². The fraction of sp³-hybridized carbons (Fsp3) is 0.167. The monoisotopic (exact) mass is 351 g/mol. The van der Waals surface area contributed by atoms with Crippen molar-refractivity contribution in [1.29, 1.82) is 5.26 Å². The molecule has 3 nitrogen and oxygen atoms in total. The molecule has 0 bridgehead atoms. The van der Waals surface area contributed by atoms with E-state index in [0.29, 0.717) is 5.03 Å². The molecule has 0 aliphatic rings. The summed E-state index contributed by atoms with van der Waals surface area (Å²) in [6, 6.07) is 3.49. The van der Waals surface area contributed by atoms with Crippen molar-refractivity contribution in [3.63, 3.8) is 0 Å². The second-order valence-electron chi connectivity index (χ2n) is 3.89. The first-order chi connectivity index (χ1) is 9.77. The van der Waals surface area contributed by atoms with Crippen LogP contribution in [-0.4, -0.2) is 16.0 Å². The van der Waals surface area contributed by atoms with Crippen LogP contribution in [-0.2, 0) is 6.18 Å². The Morgan fingerprint density at radius 2 is 1.86 bits per heavy atom. The lowest BCUT2D eigenvalue weighted by molar-refractivity contribution is -0.137. The van der Waals surface area contributed by atoms with E-state index in [1.165, 1.54) is 22.6 Å². The highest BCUT2D eigenvalue weighted by atomic mass is 35.5. The Balaban J connectivity index is 2.61. The third kappa shape index (κ3) is 3.12. The number of thioether (sulfide) groups is 1. The molecule has 1 aromatic heterocycles. The molecule has 9 heteroatoms. The van der Waals surface area contributed by atoms with Gasteiger partial charge >= 0.3 is 6.18 Å². The van der Waals surface area contributed by atoms with Crippen LogP contribution in [0.3, 0.4) is 0 Å². The normalized spacial score (nSPS) is 11.5. The topological polar surface area (TPSA) is 41.6 Å². The maximum absolute atomic E-state index is 12.7. The highest BCUT2D eigenvalue weighted by Crippen LogP contribution is 2.37. The summed E-state index contributed by atoms with van der Waals surface area (Å²) in [6.07, 6.45) is -1.45. The molecule has 2 aromatic rings. The molecule has 2 rings (SSSR count). The first-order valence-corrected chi connectivity index (χ1v) is 7.36. The SMILES string of the molecule is CSc1nn(-c2c(Cl)cc(C(F)(F)F)cc2Cl)cc1C#N. The van der Waals surface area contributed by atoms with Gasteiger partial charge in [0.1, 0.15) is 22.3 Å². The smallest absolute Gasteiger partial charge is 0.235 e. The Kier molecular flexibility index (Phi) is 4.42. The van der Waals surface area contributed by atoms with Gasteiger partial charge in [-0.1, -0.05) is 23.2 Å². The Morgan fingerprint density at radius 3 is 2.24 bits per heavy atom. The quantitative estimate of drug-likeness (QED) is 0.730. The molecule has 0 saturated heterocycles. The number of benzene rings is 1. The fourth-order valence-corrected chi connectivity index (χ4v) is 2.80. The number of rotatable bonds is 2. The molecule has 0 aliphatic heterocycles.